The third-order valence-electron chi connectivity index (χ3n) is 6.87. The average molecular weight is 545 g/mol. The van der Waals surface area contributed by atoms with Crippen LogP contribution >= 0.6 is 0 Å². The summed E-state index contributed by atoms with van der Waals surface area (Å²) in [6, 6.07) is 0. The highest BCUT2D eigenvalue weighted by molar-refractivity contribution is 5.88. The normalized spacial score (nSPS) is 30.7. The average Bonchev–Trinajstić information content (AvgIpc) is 3.50. The predicted molar refractivity (Wildman–Crippen MR) is 125 cm³/mol. The number of rotatable bonds is 8. The number of ether oxygens (including phenoxy) is 3. The molecule has 6 atom stereocenters. The molecule has 208 valence electrons. The fourth-order valence-electron chi connectivity index (χ4n) is 4.85. The van der Waals surface area contributed by atoms with Crippen molar-refractivity contribution in [1.82, 2.24) is 19.5 Å². The number of imidazole rings is 1. The van der Waals surface area contributed by atoms with Crippen LogP contribution in [0.5, 0.6) is 5.88 Å². The molecule has 38 heavy (non-hydrogen) atoms. The molecule has 0 spiro atoms. The number of hydrogen-bond donors (Lipinski definition) is 3. The van der Waals surface area contributed by atoms with Gasteiger partial charge in [0.15, 0.2) is 17.4 Å². The lowest BCUT2D eigenvalue weighted by Gasteiger charge is -2.20. The Balaban J connectivity index is 1.37. The minimum Gasteiger partial charge on any atom is -0.475 e. The summed E-state index contributed by atoms with van der Waals surface area (Å²) < 4.78 is 69.5. The van der Waals surface area contributed by atoms with E-state index in [0.717, 1.165) is 0 Å². The Bertz CT molecular complexity index is 1210. The molecule has 2 aliphatic heterocycles. The van der Waals surface area contributed by atoms with E-state index in [0.29, 0.717) is 6.42 Å². The second-order valence-corrected chi connectivity index (χ2v) is 9.70. The van der Waals surface area contributed by atoms with Gasteiger partial charge in [-0.1, -0.05) is 6.08 Å². The van der Waals surface area contributed by atoms with Crippen molar-refractivity contribution in [3.63, 3.8) is 0 Å². The van der Waals surface area contributed by atoms with Crippen molar-refractivity contribution in [2.24, 2.45) is 16.8 Å². The number of halogens is 4. The van der Waals surface area contributed by atoms with Crippen LogP contribution in [0.15, 0.2) is 23.5 Å². The standard InChI is InChI=1S/C23H28F4N6O5/c1-11-16(34)17(35)20(37-11)33-18-15(32-22(33)29-7-12-4-5-23(26,27)6-12)19(31-10-30-18)36-9-13-2-3-14(28-8-13)38-21(24)25/h2-3,10-13,16-17,20-21,34-35H,4-9H2,1H3,(H,29,32)/t11-,12?,13?,16-,17-,20-/m1/s1. The first-order chi connectivity index (χ1) is 18.1. The maximum absolute atomic E-state index is 13.7. The van der Waals surface area contributed by atoms with Crippen LogP contribution in [0.1, 0.15) is 32.4 Å². The Hall–Kier alpha value is -3.04. The van der Waals surface area contributed by atoms with E-state index in [4.69, 9.17) is 9.47 Å². The van der Waals surface area contributed by atoms with Crippen LogP contribution in [-0.2, 0) is 9.47 Å². The Kier molecular flexibility index (Phi) is 7.42. The van der Waals surface area contributed by atoms with Gasteiger partial charge in [-0.3, -0.25) is 9.56 Å². The summed E-state index contributed by atoms with van der Waals surface area (Å²) in [6.45, 7) is -0.883. The summed E-state index contributed by atoms with van der Waals surface area (Å²) in [6.07, 6.45) is -0.0340. The number of aliphatic hydroxyl groups is 2. The van der Waals surface area contributed by atoms with Crippen LogP contribution in [0.4, 0.5) is 23.5 Å². The lowest BCUT2D eigenvalue weighted by atomic mass is 10.1. The van der Waals surface area contributed by atoms with E-state index in [-0.39, 0.29) is 73.3 Å². The van der Waals surface area contributed by atoms with Crippen LogP contribution in [0.3, 0.4) is 0 Å². The minimum atomic E-state index is -2.96. The summed E-state index contributed by atoms with van der Waals surface area (Å²) >= 11 is 0. The molecule has 4 heterocycles. The first-order valence-corrected chi connectivity index (χ1v) is 12.3. The molecule has 2 unspecified atom stereocenters. The Morgan fingerprint density at radius 2 is 2.08 bits per heavy atom. The maximum Gasteiger partial charge on any atom is 0.388 e. The fraction of sp³-hybridized carbons (Fsp3) is 0.652. The topological polar surface area (TPSA) is 136 Å². The molecule has 11 nitrogen and oxygen atoms in total. The third kappa shape index (κ3) is 5.54. The zero-order valence-electron chi connectivity index (χ0n) is 20.4. The van der Waals surface area contributed by atoms with Gasteiger partial charge >= 0.3 is 6.61 Å². The summed E-state index contributed by atoms with van der Waals surface area (Å²) in [5.74, 6) is -3.09. The van der Waals surface area contributed by atoms with E-state index in [1.165, 1.54) is 17.0 Å². The molecule has 2 aromatic rings. The number of dihydropyridines is 1. The number of anilines is 1. The number of alkyl halides is 4. The Labute approximate surface area is 214 Å². The second-order valence-electron chi connectivity index (χ2n) is 9.70. The molecule has 1 saturated carbocycles. The molecule has 0 aromatic carbocycles. The molecule has 1 saturated heterocycles. The van der Waals surface area contributed by atoms with Gasteiger partial charge < -0.3 is 29.7 Å². The van der Waals surface area contributed by atoms with E-state index < -0.39 is 37.1 Å². The van der Waals surface area contributed by atoms with Crippen LogP contribution in [0.25, 0.3) is 11.2 Å². The van der Waals surface area contributed by atoms with Gasteiger partial charge in [-0.2, -0.15) is 13.8 Å². The summed E-state index contributed by atoms with van der Waals surface area (Å²) in [5.41, 5.74) is 0.464. The number of aliphatic imine (C=N–C) groups is 1. The molecule has 2 aromatic heterocycles. The molecule has 0 amide bonds. The van der Waals surface area contributed by atoms with E-state index in [1.54, 1.807) is 13.0 Å². The van der Waals surface area contributed by atoms with Crippen molar-refractivity contribution < 1.29 is 42.0 Å². The van der Waals surface area contributed by atoms with Gasteiger partial charge in [-0.25, -0.2) is 18.7 Å². The van der Waals surface area contributed by atoms with Crippen LogP contribution in [-0.4, -0.2) is 86.2 Å². The molecule has 3 aliphatic rings. The third-order valence-corrected chi connectivity index (χ3v) is 6.87. The molecule has 0 radical (unpaired) electrons. The highest BCUT2D eigenvalue weighted by Gasteiger charge is 2.44. The highest BCUT2D eigenvalue weighted by atomic mass is 19.3. The van der Waals surface area contributed by atoms with Gasteiger partial charge in [0, 0.05) is 25.3 Å². The molecular weight excluding hydrogens is 516 g/mol. The lowest BCUT2D eigenvalue weighted by molar-refractivity contribution is -0.0597. The van der Waals surface area contributed by atoms with Crippen molar-refractivity contribution in [1.29, 1.82) is 0 Å². The fourth-order valence-corrected chi connectivity index (χ4v) is 4.85. The number of nitrogens with zero attached hydrogens (tertiary/aromatic N) is 5. The van der Waals surface area contributed by atoms with Crippen molar-refractivity contribution >= 4 is 23.0 Å². The van der Waals surface area contributed by atoms with Gasteiger partial charge in [0.2, 0.25) is 23.6 Å². The summed E-state index contributed by atoms with van der Waals surface area (Å²) in [4.78, 5) is 16.9. The van der Waals surface area contributed by atoms with E-state index in [2.05, 4.69) is 30.0 Å². The first kappa shape index (κ1) is 26.6. The maximum atomic E-state index is 13.7. The molecule has 0 bridgehead atoms. The van der Waals surface area contributed by atoms with Crippen molar-refractivity contribution in [3.8, 4) is 5.88 Å². The molecule has 1 aliphatic carbocycles. The smallest absolute Gasteiger partial charge is 0.388 e. The van der Waals surface area contributed by atoms with Crippen molar-refractivity contribution in [2.45, 2.75) is 63.3 Å². The van der Waals surface area contributed by atoms with Gasteiger partial charge in [-0.05, 0) is 25.3 Å². The van der Waals surface area contributed by atoms with E-state index >= 15 is 0 Å². The minimum absolute atomic E-state index is 0.0964. The number of nitrogens with one attached hydrogen (secondary N) is 1. The number of aromatic nitrogens is 4. The van der Waals surface area contributed by atoms with Gasteiger partial charge in [0.25, 0.3) is 0 Å². The van der Waals surface area contributed by atoms with Crippen molar-refractivity contribution in [2.75, 3.05) is 25.0 Å². The van der Waals surface area contributed by atoms with Crippen molar-refractivity contribution in [3.05, 3.63) is 18.5 Å². The quantitative estimate of drug-likeness (QED) is 0.428. The Morgan fingerprint density at radius 1 is 1.26 bits per heavy atom. The largest absolute Gasteiger partial charge is 0.475 e. The predicted octanol–water partition coefficient (Wildman–Crippen LogP) is 2.52. The lowest BCUT2D eigenvalue weighted by Crippen LogP contribution is -2.31. The molecule has 3 N–H and O–H groups in total. The second kappa shape index (κ2) is 10.6. The molecule has 5 rings (SSSR count). The number of hydrogen-bond acceptors (Lipinski definition) is 10. The first-order valence-electron chi connectivity index (χ1n) is 12.3. The molecular formula is C23H28F4N6O5. The van der Waals surface area contributed by atoms with Gasteiger partial charge in [-0.15, -0.1) is 0 Å². The summed E-state index contributed by atoms with van der Waals surface area (Å²) in [5, 5.41) is 24.0. The zero-order chi connectivity index (χ0) is 27.0. The summed E-state index contributed by atoms with van der Waals surface area (Å²) in [7, 11) is 0. The van der Waals surface area contributed by atoms with Crippen LogP contribution in [0.2, 0.25) is 0 Å². The highest BCUT2D eigenvalue weighted by Crippen LogP contribution is 2.40. The molecule has 2 fully saturated rings. The van der Waals surface area contributed by atoms with Crippen LogP contribution < -0.4 is 10.1 Å². The van der Waals surface area contributed by atoms with Gasteiger partial charge in [0.05, 0.1) is 19.3 Å². The monoisotopic (exact) mass is 544 g/mol. The Morgan fingerprint density at radius 3 is 2.71 bits per heavy atom. The number of fused-ring (bicyclic) bond motifs is 1. The zero-order valence-corrected chi connectivity index (χ0v) is 20.4. The van der Waals surface area contributed by atoms with E-state index in [1.807, 2.05) is 0 Å². The molecule has 15 heteroatoms. The SMILES string of the molecule is C[C@H]1O[C@@H](n2c(NCC3CCC(F)(F)C3)nc3c(OCC4C=CC(OC(F)F)=NC4)ncnc32)[C@H](O)[C@@H]1O. The number of aliphatic hydroxyl groups excluding tert-OH is 2. The van der Waals surface area contributed by atoms with Crippen LogP contribution in [0, 0.1) is 11.8 Å². The van der Waals surface area contributed by atoms with Gasteiger partial charge in [0.1, 0.15) is 18.5 Å². The van der Waals surface area contributed by atoms with E-state index in [9.17, 15) is 27.8 Å².